The molecule has 0 spiro atoms. The zero-order chi connectivity index (χ0) is 16.4. The lowest BCUT2D eigenvalue weighted by Crippen LogP contribution is -2.29. The number of aromatic amines is 1. The predicted octanol–water partition coefficient (Wildman–Crippen LogP) is 3.73. The Morgan fingerprint density at radius 3 is 2.57 bits per heavy atom. The third kappa shape index (κ3) is 3.28. The van der Waals surface area contributed by atoms with Crippen molar-refractivity contribution in [2.75, 3.05) is 25.1 Å². The van der Waals surface area contributed by atoms with E-state index in [0.717, 1.165) is 35.4 Å². The number of anilines is 1. The van der Waals surface area contributed by atoms with Crippen LogP contribution in [0.3, 0.4) is 0 Å². The number of hydrogen-bond acceptors (Lipinski definition) is 4. The highest BCUT2D eigenvalue weighted by Crippen LogP contribution is 2.34. The third-order valence-corrected chi connectivity index (χ3v) is 4.16. The molecule has 1 fully saturated rings. The number of benzene rings is 1. The Balaban J connectivity index is 2.08. The van der Waals surface area contributed by atoms with Gasteiger partial charge in [0.15, 0.2) is 0 Å². The number of nitrogens with one attached hydrogen (secondary N) is 1. The molecule has 5 heteroatoms. The van der Waals surface area contributed by atoms with E-state index < -0.39 is 0 Å². The van der Waals surface area contributed by atoms with Crippen LogP contribution in [0, 0.1) is 0 Å². The molecule has 1 aliphatic rings. The zero-order valence-electron chi connectivity index (χ0n) is 14.0. The van der Waals surface area contributed by atoms with Crippen molar-refractivity contribution >= 4 is 22.6 Å². The third-order valence-electron chi connectivity index (χ3n) is 4.16. The van der Waals surface area contributed by atoms with E-state index in [1.165, 1.54) is 26.4 Å². The van der Waals surface area contributed by atoms with Gasteiger partial charge in [-0.3, -0.25) is 0 Å². The molecule has 2 aromatic rings. The molecule has 1 N–H and O–H groups in total. The van der Waals surface area contributed by atoms with Crippen molar-refractivity contribution in [2.45, 2.75) is 39.2 Å². The summed E-state index contributed by atoms with van der Waals surface area (Å²) in [5, 5.41) is 1.04. The minimum atomic E-state index is -0.350. The summed E-state index contributed by atoms with van der Waals surface area (Å²) in [7, 11) is 1.40. The molecule has 0 atom stereocenters. The summed E-state index contributed by atoms with van der Waals surface area (Å²) in [4.78, 5) is 17.4. The first-order valence-corrected chi connectivity index (χ1v) is 8.25. The van der Waals surface area contributed by atoms with E-state index in [4.69, 9.17) is 9.47 Å². The summed E-state index contributed by atoms with van der Waals surface area (Å²) in [5.41, 5.74) is 2.51. The van der Waals surface area contributed by atoms with E-state index in [-0.39, 0.29) is 12.1 Å². The molecule has 1 saturated heterocycles. The van der Waals surface area contributed by atoms with Gasteiger partial charge in [-0.1, -0.05) is 0 Å². The molecule has 0 unspecified atom stereocenters. The second kappa shape index (κ2) is 6.52. The van der Waals surface area contributed by atoms with Gasteiger partial charge in [0, 0.05) is 36.3 Å². The number of hydrogen-bond donors (Lipinski definition) is 1. The number of esters is 1. The molecular formula is C18H24N2O3. The van der Waals surface area contributed by atoms with Gasteiger partial charge in [-0.15, -0.1) is 0 Å². The summed E-state index contributed by atoms with van der Waals surface area (Å²) in [6, 6.07) is 5.92. The lowest BCUT2D eigenvalue weighted by molar-refractivity contribution is 0.0595. The van der Waals surface area contributed by atoms with Gasteiger partial charge in [0.05, 0.1) is 18.7 Å². The average molecular weight is 316 g/mol. The summed E-state index contributed by atoms with van der Waals surface area (Å²) in [5.74, 6) is 0.475. The zero-order valence-corrected chi connectivity index (χ0v) is 14.0. The minimum Gasteiger partial charge on any atom is -0.491 e. The van der Waals surface area contributed by atoms with Crippen molar-refractivity contribution in [3.8, 4) is 5.75 Å². The molecule has 1 aliphatic heterocycles. The SMILES string of the molecule is COC(=O)c1cc2c(N3CCCCC3)cc(OC(C)C)cc2[nH]1. The van der Waals surface area contributed by atoms with Gasteiger partial charge in [0.1, 0.15) is 11.4 Å². The second-order valence-corrected chi connectivity index (χ2v) is 6.29. The van der Waals surface area contributed by atoms with Gasteiger partial charge in [-0.05, 0) is 39.2 Å². The van der Waals surface area contributed by atoms with Crippen LogP contribution in [0.5, 0.6) is 5.75 Å². The van der Waals surface area contributed by atoms with Crippen LogP contribution < -0.4 is 9.64 Å². The monoisotopic (exact) mass is 316 g/mol. The maximum Gasteiger partial charge on any atom is 0.354 e. The summed E-state index contributed by atoms with van der Waals surface area (Å²) < 4.78 is 10.7. The van der Waals surface area contributed by atoms with Crippen molar-refractivity contribution in [3.63, 3.8) is 0 Å². The number of ether oxygens (including phenoxy) is 2. The maximum absolute atomic E-state index is 11.8. The number of piperidine rings is 1. The van der Waals surface area contributed by atoms with Crippen molar-refractivity contribution in [1.29, 1.82) is 0 Å². The van der Waals surface area contributed by atoms with E-state index >= 15 is 0 Å². The molecule has 0 bridgehead atoms. The van der Waals surface area contributed by atoms with Crippen LogP contribution in [0.25, 0.3) is 10.9 Å². The lowest BCUT2D eigenvalue weighted by atomic mass is 10.1. The average Bonchev–Trinajstić information content (AvgIpc) is 2.97. The first-order valence-electron chi connectivity index (χ1n) is 8.25. The van der Waals surface area contributed by atoms with Crippen molar-refractivity contribution in [3.05, 3.63) is 23.9 Å². The molecule has 3 rings (SSSR count). The molecule has 0 saturated carbocycles. The highest BCUT2D eigenvalue weighted by molar-refractivity contribution is 6.00. The Hall–Kier alpha value is -2.17. The molecule has 0 aliphatic carbocycles. The van der Waals surface area contributed by atoms with Gasteiger partial charge in [0.2, 0.25) is 0 Å². The number of fused-ring (bicyclic) bond motifs is 1. The Morgan fingerprint density at radius 1 is 1.17 bits per heavy atom. The van der Waals surface area contributed by atoms with Crippen molar-refractivity contribution < 1.29 is 14.3 Å². The lowest BCUT2D eigenvalue weighted by Gasteiger charge is -2.30. The van der Waals surface area contributed by atoms with Crippen LogP contribution in [0.15, 0.2) is 18.2 Å². The first kappa shape index (κ1) is 15.7. The van der Waals surface area contributed by atoms with Gasteiger partial charge < -0.3 is 19.4 Å². The second-order valence-electron chi connectivity index (χ2n) is 6.29. The summed E-state index contributed by atoms with van der Waals surface area (Å²) in [6.07, 6.45) is 3.79. The Bertz CT molecular complexity index is 700. The Morgan fingerprint density at radius 2 is 1.91 bits per heavy atom. The highest BCUT2D eigenvalue weighted by Gasteiger charge is 2.19. The van der Waals surface area contributed by atoms with E-state index in [9.17, 15) is 4.79 Å². The summed E-state index contributed by atoms with van der Waals surface area (Å²) >= 11 is 0. The van der Waals surface area contributed by atoms with Crippen LogP contribution >= 0.6 is 0 Å². The van der Waals surface area contributed by atoms with Gasteiger partial charge >= 0.3 is 5.97 Å². The Kier molecular flexibility index (Phi) is 4.46. The van der Waals surface area contributed by atoms with E-state index in [1.807, 2.05) is 26.0 Å². The molecule has 2 heterocycles. The molecule has 5 nitrogen and oxygen atoms in total. The van der Waals surface area contributed by atoms with Crippen LogP contribution in [-0.2, 0) is 4.74 Å². The smallest absolute Gasteiger partial charge is 0.354 e. The largest absolute Gasteiger partial charge is 0.491 e. The number of nitrogens with zero attached hydrogens (tertiary/aromatic N) is 1. The van der Waals surface area contributed by atoms with E-state index in [0.29, 0.717) is 5.69 Å². The fourth-order valence-electron chi connectivity index (χ4n) is 3.15. The topological polar surface area (TPSA) is 54.6 Å². The standard InChI is InChI=1S/C18H24N2O3/c1-12(2)23-13-9-15-14(11-16(19-15)18(21)22-3)17(10-13)20-7-5-4-6-8-20/h9-12,19H,4-8H2,1-3H3. The fraction of sp³-hybridized carbons (Fsp3) is 0.500. The van der Waals surface area contributed by atoms with Gasteiger partial charge in [-0.25, -0.2) is 4.79 Å². The van der Waals surface area contributed by atoms with Crippen LogP contribution in [0.1, 0.15) is 43.6 Å². The predicted molar refractivity (Wildman–Crippen MR) is 91.5 cm³/mol. The number of methoxy groups -OCH3 is 1. The number of carbonyl (C=O) groups is 1. The molecule has 0 amide bonds. The molecule has 124 valence electrons. The van der Waals surface area contributed by atoms with Gasteiger partial charge in [0.25, 0.3) is 0 Å². The molecule has 23 heavy (non-hydrogen) atoms. The van der Waals surface area contributed by atoms with Crippen LogP contribution in [0.2, 0.25) is 0 Å². The Labute approximate surface area is 136 Å². The normalized spacial score (nSPS) is 15.2. The van der Waals surface area contributed by atoms with E-state index in [2.05, 4.69) is 16.0 Å². The number of H-pyrrole nitrogens is 1. The van der Waals surface area contributed by atoms with E-state index in [1.54, 1.807) is 0 Å². The molecule has 1 aromatic heterocycles. The number of aromatic nitrogens is 1. The van der Waals surface area contributed by atoms with Crippen LogP contribution in [-0.4, -0.2) is 37.3 Å². The highest BCUT2D eigenvalue weighted by atomic mass is 16.5. The maximum atomic E-state index is 11.8. The van der Waals surface area contributed by atoms with Crippen molar-refractivity contribution in [2.24, 2.45) is 0 Å². The first-order chi connectivity index (χ1) is 11.1. The van der Waals surface area contributed by atoms with Crippen LogP contribution in [0.4, 0.5) is 5.69 Å². The summed E-state index contributed by atoms with van der Waals surface area (Å²) in [6.45, 7) is 6.11. The molecule has 1 aromatic carbocycles. The number of carbonyl (C=O) groups excluding carboxylic acids is 1. The molecule has 0 radical (unpaired) electrons. The van der Waals surface area contributed by atoms with Gasteiger partial charge in [-0.2, -0.15) is 0 Å². The minimum absolute atomic E-state index is 0.108. The fourth-order valence-corrected chi connectivity index (χ4v) is 3.15. The molecular weight excluding hydrogens is 292 g/mol. The van der Waals surface area contributed by atoms with Crippen molar-refractivity contribution in [1.82, 2.24) is 4.98 Å². The quantitative estimate of drug-likeness (QED) is 0.873. The number of rotatable bonds is 4.